The van der Waals surface area contributed by atoms with Gasteiger partial charge in [0.2, 0.25) is 0 Å². The van der Waals surface area contributed by atoms with Crippen LogP contribution in [0.25, 0.3) is 6.08 Å². The zero-order valence-electron chi connectivity index (χ0n) is 10.7. The summed E-state index contributed by atoms with van der Waals surface area (Å²) in [5.74, 6) is 0.182. The lowest BCUT2D eigenvalue weighted by atomic mass is 10.1. The molecule has 0 saturated heterocycles. The van der Waals surface area contributed by atoms with Gasteiger partial charge in [-0.25, -0.2) is 0 Å². The number of hydrogen-bond acceptors (Lipinski definition) is 2. The fraction of sp³-hybridized carbons (Fsp3) is 0.333. The first-order valence-corrected chi connectivity index (χ1v) is 5.81. The van der Waals surface area contributed by atoms with Crippen molar-refractivity contribution in [2.45, 2.75) is 33.6 Å². The summed E-state index contributed by atoms with van der Waals surface area (Å²) in [5, 5.41) is 18.7. The third-order valence-corrected chi connectivity index (χ3v) is 2.43. The first kappa shape index (κ1) is 13.4. The molecule has 0 aliphatic heterocycles. The van der Waals surface area contributed by atoms with Crippen LogP contribution in [0.1, 0.15) is 39.2 Å². The second-order valence-electron chi connectivity index (χ2n) is 4.59. The number of phenolic OH excluding ortho intramolecular Hbond substituents is 2. The summed E-state index contributed by atoms with van der Waals surface area (Å²) in [4.78, 5) is 0. The highest BCUT2D eigenvalue weighted by Crippen LogP contribution is 2.22. The molecule has 17 heavy (non-hydrogen) atoms. The molecule has 1 rings (SSSR count). The van der Waals surface area contributed by atoms with Crippen molar-refractivity contribution in [2.75, 3.05) is 0 Å². The maximum atomic E-state index is 9.36. The standard InChI is InChI=1S/C15H20O2/c1-11(2)5-4-6-12(3)7-13-8-14(16)10-15(17)9-13/h5,7-10,16-17H,4,6H2,1-3H3/b12-7-. The van der Waals surface area contributed by atoms with Crippen LogP contribution >= 0.6 is 0 Å². The average molecular weight is 232 g/mol. The van der Waals surface area contributed by atoms with Crippen LogP contribution in [-0.4, -0.2) is 10.2 Å². The van der Waals surface area contributed by atoms with E-state index in [-0.39, 0.29) is 11.5 Å². The van der Waals surface area contributed by atoms with Crippen molar-refractivity contribution in [3.63, 3.8) is 0 Å². The minimum Gasteiger partial charge on any atom is -0.508 e. The van der Waals surface area contributed by atoms with E-state index in [9.17, 15) is 10.2 Å². The van der Waals surface area contributed by atoms with Gasteiger partial charge in [0.1, 0.15) is 11.5 Å². The fourth-order valence-corrected chi connectivity index (χ4v) is 1.65. The molecule has 0 amide bonds. The third kappa shape index (κ3) is 5.25. The molecule has 1 aromatic rings. The molecule has 1 aromatic carbocycles. The molecule has 0 aliphatic rings. The van der Waals surface area contributed by atoms with E-state index in [2.05, 4.69) is 26.8 Å². The average Bonchev–Trinajstić information content (AvgIpc) is 2.14. The van der Waals surface area contributed by atoms with Crippen molar-refractivity contribution in [3.05, 3.63) is 41.0 Å². The Morgan fingerprint density at radius 3 is 2.18 bits per heavy atom. The van der Waals surface area contributed by atoms with Gasteiger partial charge in [-0.3, -0.25) is 0 Å². The molecule has 0 fully saturated rings. The number of hydrogen-bond donors (Lipinski definition) is 2. The van der Waals surface area contributed by atoms with Gasteiger partial charge in [0, 0.05) is 6.07 Å². The predicted octanol–water partition coefficient (Wildman–Crippen LogP) is 4.25. The molecule has 92 valence electrons. The summed E-state index contributed by atoms with van der Waals surface area (Å²) < 4.78 is 0. The van der Waals surface area contributed by atoms with Crippen molar-refractivity contribution in [3.8, 4) is 11.5 Å². The molecule has 0 atom stereocenters. The van der Waals surface area contributed by atoms with Crippen molar-refractivity contribution in [1.82, 2.24) is 0 Å². The zero-order valence-corrected chi connectivity index (χ0v) is 10.7. The fourth-order valence-electron chi connectivity index (χ4n) is 1.65. The van der Waals surface area contributed by atoms with Gasteiger partial charge < -0.3 is 10.2 Å². The van der Waals surface area contributed by atoms with E-state index in [0.29, 0.717) is 0 Å². The van der Waals surface area contributed by atoms with Crippen LogP contribution in [-0.2, 0) is 0 Å². The van der Waals surface area contributed by atoms with Gasteiger partial charge in [-0.15, -0.1) is 0 Å². The second kappa shape index (κ2) is 6.14. The maximum absolute atomic E-state index is 9.36. The lowest BCUT2D eigenvalue weighted by Crippen LogP contribution is -1.79. The van der Waals surface area contributed by atoms with E-state index in [1.54, 1.807) is 12.1 Å². The molecule has 2 heteroatoms. The number of benzene rings is 1. The van der Waals surface area contributed by atoms with Crippen LogP contribution in [0.2, 0.25) is 0 Å². The van der Waals surface area contributed by atoms with Gasteiger partial charge in [0.15, 0.2) is 0 Å². The minimum absolute atomic E-state index is 0.0911. The molecule has 0 aromatic heterocycles. The van der Waals surface area contributed by atoms with Crippen LogP contribution < -0.4 is 0 Å². The lowest BCUT2D eigenvalue weighted by Gasteiger charge is -2.02. The summed E-state index contributed by atoms with van der Waals surface area (Å²) >= 11 is 0. The molecule has 0 aliphatic carbocycles. The highest BCUT2D eigenvalue weighted by molar-refractivity contribution is 5.56. The Bertz CT molecular complexity index is 418. The van der Waals surface area contributed by atoms with Crippen LogP contribution in [0.4, 0.5) is 0 Å². The Kier molecular flexibility index (Phi) is 4.83. The maximum Gasteiger partial charge on any atom is 0.119 e. The van der Waals surface area contributed by atoms with Crippen molar-refractivity contribution in [2.24, 2.45) is 0 Å². The molecule has 2 N–H and O–H groups in total. The highest BCUT2D eigenvalue weighted by Gasteiger charge is 1.97. The summed E-state index contributed by atoms with van der Waals surface area (Å²) in [6.07, 6.45) is 6.20. The topological polar surface area (TPSA) is 40.5 Å². The normalized spacial score (nSPS) is 11.4. The number of phenols is 2. The first-order chi connectivity index (χ1) is 7.97. The number of aromatic hydroxyl groups is 2. The number of allylic oxidation sites excluding steroid dienone is 3. The largest absolute Gasteiger partial charge is 0.508 e. The predicted molar refractivity (Wildman–Crippen MR) is 72.1 cm³/mol. The van der Waals surface area contributed by atoms with E-state index in [4.69, 9.17) is 0 Å². The Labute approximate surface area is 103 Å². The lowest BCUT2D eigenvalue weighted by molar-refractivity contribution is 0.450. The van der Waals surface area contributed by atoms with Crippen LogP contribution in [0.15, 0.2) is 35.4 Å². The quantitative estimate of drug-likeness (QED) is 0.762. The highest BCUT2D eigenvalue weighted by atomic mass is 16.3. The molecule has 0 bridgehead atoms. The third-order valence-electron chi connectivity index (χ3n) is 2.43. The molecule has 0 spiro atoms. The minimum atomic E-state index is 0.0911. The summed E-state index contributed by atoms with van der Waals surface area (Å²) in [7, 11) is 0. The Morgan fingerprint density at radius 2 is 1.65 bits per heavy atom. The molecular weight excluding hydrogens is 212 g/mol. The SMILES string of the molecule is CC(C)=CCC/C(C)=C\c1cc(O)cc(O)c1. The zero-order chi connectivity index (χ0) is 12.8. The van der Waals surface area contributed by atoms with Gasteiger partial charge in [-0.1, -0.05) is 23.3 Å². The molecule has 0 radical (unpaired) electrons. The smallest absolute Gasteiger partial charge is 0.119 e. The summed E-state index contributed by atoms with van der Waals surface area (Å²) in [6.45, 7) is 6.23. The van der Waals surface area contributed by atoms with Crippen molar-refractivity contribution < 1.29 is 10.2 Å². The molecule has 0 unspecified atom stereocenters. The van der Waals surface area contributed by atoms with Gasteiger partial charge in [-0.2, -0.15) is 0 Å². The molecule has 0 heterocycles. The van der Waals surface area contributed by atoms with Crippen molar-refractivity contribution in [1.29, 1.82) is 0 Å². The van der Waals surface area contributed by atoms with Gasteiger partial charge in [0.25, 0.3) is 0 Å². The van der Waals surface area contributed by atoms with Gasteiger partial charge in [-0.05, 0) is 51.3 Å². The Morgan fingerprint density at radius 1 is 1.06 bits per heavy atom. The van der Waals surface area contributed by atoms with Crippen LogP contribution in [0, 0.1) is 0 Å². The monoisotopic (exact) mass is 232 g/mol. The van der Waals surface area contributed by atoms with E-state index < -0.39 is 0 Å². The van der Waals surface area contributed by atoms with E-state index in [0.717, 1.165) is 18.4 Å². The van der Waals surface area contributed by atoms with Crippen molar-refractivity contribution >= 4 is 6.08 Å². The van der Waals surface area contributed by atoms with Gasteiger partial charge >= 0.3 is 0 Å². The van der Waals surface area contributed by atoms with E-state index in [1.807, 2.05) is 6.08 Å². The van der Waals surface area contributed by atoms with Gasteiger partial charge in [0.05, 0.1) is 0 Å². The number of rotatable bonds is 4. The Balaban J connectivity index is 2.70. The second-order valence-corrected chi connectivity index (χ2v) is 4.59. The summed E-state index contributed by atoms with van der Waals surface area (Å²) in [5.41, 5.74) is 3.39. The van der Waals surface area contributed by atoms with E-state index in [1.165, 1.54) is 17.2 Å². The molecular formula is C15H20O2. The molecule has 0 saturated carbocycles. The molecule has 2 nitrogen and oxygen atoms in total. The first-order valence-electron chi connectivity index (χ1n) is 5.81. The summed E-state index contributed by atoms with van der Waals surface area (Å²) in [6, 6.07) is 4.62. The van der Waals surface area contributed by atoms with E-state index >= 15 is 0 Å². The Hall–Kier alpha value is -1.70. The van der Waals surface area contributed by atoms with Crippen LogP contribution in [0.3, 0.4) is 0 Å². The van der Waals surface area contributed by atoms with Crippen LogP contribution in [0.5, 0.6) is 11.5 Å².